The van der Waals surface area contributed by atoms with Crippen LogP contribution in [0.5, 0.6) is 11.5 Å². The SMILES string of the molecule is Cc1ccc(OC(F)F)cc1OCCCCCNC(=O)c1c[c-]c(N=C(N)C(F)(F)CCN[NH-])cc1.[Cr+2]. The molecule has 0 saturated heterocycles. The molecule has 1 amide bonds. The number of halogens is 4. The van der Waals surface area contributed by atoms with Gasteiger partial charge in [-0.3, -0.25) is 9.79 Å². The van der Waals surface area contributed by atoms with Gasteiger partial charge in [-0.15, -0.1) is 6.07 Å². The van der Waals surface area contributed by atoms with E-state index in [-0.39, 0.29) is 41.2 Å². The Kier molecular flexibility index (Phi) is 14.0. The number of nitrogens with zero attached hydrogens (tertiary/aromatic N) is 1. The summed E-state index contributed by atoms with van der Waals surface area (Å²) in [5, 5.41) is 2.76. The summed E-state index contributed by atoms with van der Waals surface area (Å²) >= 11 is 0. The zero-order chi connectivity index (χ0) is 26.6. The summed E-state index contributed by atoms with van der Waals surface area (Å²) in [6.07, 6.45) is 1.48. The number of unbranched alkanes of at least 4 members (excludes halogenated alkanes) is 2. The Balaban J connectivity index is 0.00000684. The third-order valence-corrected chi connectivity index (χ3v) is 4.99. The molecule has 13 heteroatoms. The van der Waals surface area contributed by atoms with E-state index in [1.54, 1.807) is 13.0 Å². The third-order valence-electron chi connectivity index (χ3n) is 4.99. The Hall–Kier alpha value is -2.85. The number of aryl methyl sites for hydroxylation is 1. The van der Waals surface area contributed by atoms with E-state index >= 15 is 0 Å². The molecule has 0 aliphatic heterocycles. The minimum atomic E-state index is -3.37. The van der Waals surface area contributed by atoms with Crippen molar-refractivity contribution < 1.29 is 49.2 Å². The van der Waals surface area contributed by atoms with Gasteiger partial charge in [0, 0.05) is 19.0 Å². The summed E-state index contributed by atoms with van der Waals surface area (Å²) < 4.78 is 62.3. The van der Waals surface area contributed by atoms with Gasteiger partial charge in [0.1, 0.15) is 11.5 Å². The average Bonchev–Trinajstić information content (AvgIpc) is 2.84. The Morgan fingerprint density at radius 2 is 1.95 bits per heavy atom. The van der Waals surface area contributed by atoms with Gasteiger partial charge in [-0.1, -0.05) is 11.6 Å². The molecular formula is C24H29CrF4N5O3. The molecule has 2 aromatic carbocycles. The molecule has 0 bridgehead atoms. The Morgan fingerprint density at radius 1 is 1.19 bits per heavy atom. The van der Waals surface area contributed by atoms with E-state index < -0.39 is 24.8 Å². The topological polar surface area (TPSA) is 122 Å². The molecule has 0 atom stereocenters. The number of carbonyl (C=O) groups excluding carboxylic acids is 1. The molecule has 37 heavy (non-hydrogen) atoms. The second-order valence-electron chi connectivity index (χ2n) is 7.81. The number of hydrogen-bond acceptors (Lipinski definition) is 5. The van der Waals surface area contributed by atoms with E-state index in [4.69, 9.17) is 16.3 Å². The van der Waals surface area contributed by atoms with E-state index in [1.807, 2.05) is 5.43 Å². The van der Waals surface area contributed by atoms with E-state index in [9.17, 15) is 22.4 Å². The molecule has 202 valence electrons. The number of amidine groups is 1. The van der Waals surface area contributed by atoms with Gasteiger partial charge in [0.15, 0.2) is 11.7 Å². The number of hydrogen-bond donors (Lipinski definition) is 3. The fourth-order valence-corrected chi connectivity index (χ4v) is 2.99. The fraction of sp³-hybridized carbons (Fsp3) is 0.417. The van der Waals surface area contributed by atoms with Crippen molar-refractivity contribution in [1.82, 2.24) is 10.7 Å². The van der Waals surface area contributed by atoms with Crippen LogP contribution in [0.15, 0.2) is 41.4 Å². The van der Waals surface area contributed by atoms with Gasteiger partial charge < -0.3 is 31.8 Å². The maximum Gasteiger partial charge on any atom is 2.00 e. The predicted octanol–water partition coefficient (Wildman–Crippen LogP) is 4.94. The van der Waals surface area contributed by atoms with Crippen molar-refractivity contribution in [2.75, 3.05) is 19.7 Å². The van der Waals surface area contributed by atoms with Crippen LogP contribution in [0.3, 0.4) is 0 Å². The number of carbonyl (C=O) groups is 1. The number of aliphatic imine (C=N–C) groups is 1. The molecule has 0 aliphatic rings. The van der Waals surface area contributed by atoms with Gasteiger partial charge in [-0.05, 0) is 50.0 Å². The van der Waals surface area contributed by atoms with Crippen LogP contribution in [0, 0.1) is 13.0 Å². The predicted molar refractivity (Wildman–Crippen MR) is 128 cm³/mol. The van der Waals surface area contributed by atoms with Crippen LogP contribution in [0.25, 0.3) is 5.84 Å². The third kappa shape index (κ3) is 11.4. The van der Waals surface area contributed by atoms with Crippen LogP contribution < -0.4 is 25.9 Å². The van der Waals surface area contributed by atoms with Crippen molar-refractivity contribution in [3.05, 3.63) is 59.4 Å². The van der Waals surface area contributed by atoms with Crippen molar-refractivity contribution in [2.45, 2.75) is 45.1 Å². The number of amides is 1. The van der Waals surface area contributed by atoms with Crippen molar-refractivity contribution in [3.63, 3.8) is 0 Å². The van der Waals surface area contributed by atoms with E-state index in [0.29, 0.717) is 37.3 Å². The molecule has 0 radical (unpaired) electrons. The zero-order valence-corrected chi connectivity index (χ0v) is 21.4. The molecule has 0 heterocycles. The molecule has 0 aliphatic carbocycles. The molecule has 0 aromatic heterocycles. The van der Waals surface area contributed by atoms with Crippen LogP contribution >= 0.6 is 0 Å². The maximum absolute atomic E-state index is 13.8. The number of benzene rings is 2. The Labute approximate surface area is 223 Å². The van der Waals surface area contributed by atoms with Crippen LogP contribution in [0.1, 0.15) is 41.6 Å². The van der Waals surface area contributed by atoms with Crippen molar-refractivity contribution >= 4 is 17.4 Å². The molecule has 0 fully saturated rings. The largest absolute Gasteiger partial charge is 2.00 e. The number of rotatable bonds is 15. The van der Waals surface area contributed by atoms with Crippen LogP contribution in [0.4, 0.5) is 23.2 Å². The quantitative estimate of drug-likeness (QED) is 0.0708. The first kappa shape index (κ1) is 32.2. The molecular weight excluding hydrogens is 534 g/mol. The molecule has 8 nitrogen and oxygen atoms in total. The smallest absolute Gasteiger partial charge is 0.613 e. The molecule has 0 unspecified atom stereocenters. The number of nitrogens with two attached hydrogens (primary N) is 1. The summed E-state index contributed by atoms with van der Waals surface area (Å²) in [5.74, 6) is 2.63. The van der Waals surface area contributed by atoms with Gasteiger partial charge in [-0.2, -0.15) is 35.8 Å². The van der Waals surface area contributed by atoms with Gasteiger partial charge >= 0.3 is 29.9 Å². The van der Waals surface area contributed by atoms with Crippen molar-refractivity contribution in [2.24, 2.45) is 10.7 Å². The number of nitrogens with one attached hydrogen (secondary N) is 3. The summed E-state index contributed by atoms with van der Waals surface area (Å²) in [5.41, 5.74) is 8.41. The van der Waals surface area contributed by atoms with Gasteiger partial charge in [0.2, 0.25) is 0 Å². The standard InChI is InChI=1S/C24H29F4N5O3.Cr/c1-16-5-10-19(36-23(25)26)15-20(16)35-14-4-2-3-12-31-21(34)17-6-8-18(9-7-17)33-22(29)24(27,28)11-13-32-30;/h5-8,10,15,23,30,32H,2-4,11-14H2,1H3,(H2,29,33)(H,31,34);/q-2;+2. The summed E-state index contributed by atoms with van der Waals surface area (Å²) in [4.78, 5) is 15.9. The minimum Gasteiger partial charge on any atom is -0.613 e. The van der Waals surface area contributed by atoms with E-state index in [1.165, 1.54) is 30.3 Å². The number of ether oxygens (including phenoxy) is 2. The second-order valence-corrected chi connectivity index (χ2v) is 7.81. The van der Waals surface area contributed by atoms with Crippen LogP contribution in [0.2, 0.25) is 0 Å². The van der Waals surface area contributed by atoms with Gasteiger partial charge in [0.05, 0.1) is 6.61 Å². The summed E-state index contributed by atoms with van der Waals surface area (Å²) in [6, 6.07) is 11.3. The fourth-order valence-electron chi connectivity index (χ4n) is 2.99. The first-order valence-electron chi connectivity index (χ1n) is 11.2. The van der Waals surface area contributed by atoms with Crippen molar-refractivity contribution in [3.8, 4) is 11.5 Å². The molecule has 2 rings (SSSR count). The molecule has 0 spiro atoms. The molecule has 5 N–H and O–H groups in total. The van der Waals surface area contributed by atoms with Crippen LogP contribution in [-0.4, -0.2) is 44.0 Å². The monoisotopic (exact) mass is 563 g/mol. The first-order chi connectivity index (χ1) is 17.1. The Morgan fingerprint density at radius 3 is 2.59 bits per heavy atom. The van der Waals surface area contributed by atoms with Crippen molar-refractivity contribution in [1.29, 1.82) is 0 Å². The zero-order valence-electron chi connectivity index (χ0n) is 20.2. The number of alkyl halides is 4. The average molecular weight is 564 g/mol. The van der Waals surface area contributed by atoms with Gasteiger partial charge in [0.25, 0.3) is 0 Å². The second kappa shape index (κ2) is 16.1. The normalized spacial score (nSPS) is 11.7. The molecule has 2 aromatic rings. The summed E-state index contributed by atoms with van der Waals surface area (Å²) in [7, 11) is 0. The maximum atomic E-state index is 13.8. The minimum absolute atomic E-state index is 0. The van der Waals surface area contributed by atoms with Gasteiger partial charge in [-0.25, -0.2) is 0 Å². The van der Waals surface area contributed by atoms with Crippen LogP contribution in [-0.2, 0) is 17.4 Å². The van der Waals surface area contributed by atoms with E-state index in [2.05, 4.69) is 21.1 Å². The molecule has 0 saturated carbocycles. The Bertz CT molecular complexity index is 1010. The van der Waals surface area contributed by atoms with E-state index in [0.717, 1.165) is 12.0 Å². The first-order valence-corrected chi connectivity index (χ1v) is 11.2. The summed E-state index contributed by atoms with van der Waals surface area (Å²) in [6.45, 7) is -0.549.